The second kappa shape index (κ2) is 5.69. The first-order chi connectivity index (χ1) is 9.08. The molecule has 4 heteroatoms. The van der Waals surface area contributed by atoms with Crippen molar-refractivity contribution in [3.8, 4) is 0 Å². The summed E-state index contributed by atoms with van der Waals surface area (Å²) in [5, 5.41) is 8.62. The summed E-state index contributed by atoms with van der Waals surface area (Å²) in [6.07, 6.45) is 4.70. The van der Waals surface area contributed by atoms with Crippen molar-refractivity contribution in [3.63, 3.8) is 0 Å². The van der Waals surface area contributed by atoms with Gasteiger partial charge in [-0.25, -0.2) is 4.79 Å². The number of likely N-dealkylation sites (tertiary alicyclic amines) is 1. The average Bonchev–Trinajstić information content (AvgIpc) is 2.90. The monoisotopic (exact) mass is 259 g/mol. The fraction of sp³-hybridized carbons (Fsp3) is 0.333. The van der Waals surface area contributed by atoms with Crippen LogP contribution in [-0.4, -0.2) is 35.0 Å². The molecule has 100 valence electrons. The number of carbonyl (C=O) groups is 2. The van der Waals surface area contributed by atoms with Crippen molar-refractivity contribution in [2.24, 2.45) is 0 Å². The fourth-order valence-corrected chi connectivity index (χ4v) is 2.23. The summed E-state index contributed by atoms with van der Waals surface area (Å²) in [5.74, 6) is -0.950. The van der Waals surface area contributed by atoms with E-state index in [1.54, 1.807) is 6.07 Å². The Bertz CT molecular complexity index is 528. The van der Waals surface area contributed by atoms with Crippen molar-refractivity contribution in [2.45, 2.75) is 19.8 Å². The highest BCUT2D eigenvalue weighted by Crippen LogP contribution is 2.18. The quantitative estimate of drug-likeness (QED) is 0.847. The highest BCUT2D eigenvalue weighted by atomic mass is 16.4. The number of amides is 1. The number of hydrogen-bond acceptors (Lipinski definition) is 2. The summed E-state index contributed by atoms with van der Waals surface area (Å²) in [5.41, 5.74) is 2.31. The van der Waals surface area contributed by atoms with Crippen LogP contribution >= 0.6 is 0 Å². The molecule has 1 amide bonds. The molecule has 0 aromatic heterocycles. The van der Waals surface area contributed by atoms with Crippen molar-refractivity contribution in [2.75, 3.05) is 13.1 Å². The second-order valence-electron chi connectivity index (χ2n) is 4.75. The number of benzene rings is 1. The third-order valence-electron chi connectivity index (χ3n) is 3.30. The zero-order valence-electron chi connectivity index (χ0n) is 10.9. The fourth-order valence-electron chi connectivity index (χ4n) is 2.23. The van der Waals surface area contributed by atoms with Gasteiger partial charge < -0.3 is 10.0 Å². The lowest BCUT2D eigenvalue weighted by Gasteiger charge is -2.17. The van der Waals surface area contributed by atoms with Gasteiger partial charge in [0.15, 0.2) is 0 Å². The topological polar surface area (TPSA) is 57.6 Å². The van der Waals surface area contributed by atoms with Crippen LogP contribution in [0.25, 0.3) is 6.08 Å². The van der Waals surface area contributed by atoms with Gasteiger partial charge in [0.1, 0.15) is 0 Å². The first-order valence-electron chi connectivity index (χ1n) is 6.39. The molecular weight excluding hydrogens is 242 g/mol. The zero-order valence-corrected chi connectivity index (χ0v) is 10.9. The van der Waals surface area contributed by atoms with Crippen molar-refractivity contribution >= 4 is 18.0 Å². The number of hydrogen-bond donors (Lipinski definition) is 1. The Kier molecular flexibility index (Phi) is 4.00. The first kappa shape index (κ1) is 13.3. The van der Waals surface area contributed by atoms with Crippen LogP contribution in [0, 0.1) is 6.92 Å². The molecule has 1 aromatic rings. The molecule has 19 heavy (non-hydrogen) atoms. The predicted octanol–water partition coefficient (Wildman–Crippen LogP) is 2.33. The molecule has 1 N–H and O–H groups in total. The minimum absolute atomic E-state index is 0.0422. The van der Waals surface area contributed by atoms with Crippen molar-refractivity contribution in [3.05, 3.63) is 41.0 Å². The highest BCUT2D eigenvalue weighted by molar-refractivity contribution is 5.96. The van der Waals surface area contributed by atoms with Crippen molar-refractivity contribution < 1.29 is 14.7 Å². The molecule has 0 atom stereocenters. The molecule has 0 unspecified atom stereocenters. The number of carbonyl (C=O) groups excluding carboxylic acids is 1. The van der Waals surface area contributed by atoms with Crippen molar-refractivity contribution in [1.82, 2.24) is 4.90 Å². The number of nitrogens with zero attached hydrogens (tertiary/aromatic N) is 1. The van der Waals surface area contributed by atoms with Gasteiger partial charge in [0, 0.05) is 24.7 Å². The van der Waals surface area contributed by atoms with Gasteiger partial charge >= 0.3 is 5.97 Å². The smallest absolute Gasteiger partial charge is 0.328 e. The molecule has 1 heterocycles. The molecule has 1 fully saturated rings. The number of rotatable bonds is 3. The Morgan fingerprint density at radius 2 is 1.95 bits per heavy atom. The van der Waals surface area contributed by atoms with Crippen molar-refractivity contribution in [1.29, 1.82) is 0 Å². The van der Waals surface area contributed by atoms with Crippen LogP contribution in [0.2, 0.25) is 0 Å². The summed E-state index contributed by atoms with van der Waals surface area (Å²) in [6, 6.07) is 5.43. The van der Waals surface area contributed by atoms with E-state index in [-0.39, 0.29) is 5.91 Å². The third-order valence-corrected chi connectivity index (χ3v) is 3.30. The Labute approximate surface area is 112 Å². The standard InChI is InChI=1S/C15H17NO3/c1-11-4-5-12(6-7-14(17)18)10-13(11)15(19)16-8-2-3-9-16/h4-7,10H,2-3,8-9H2,1H3,(H,17,18). The van der Waals surface area contributed by atoms with Crippen LogP contribution in [-0.2, 0) is 4.79 Å². The molecule has 0 saturated carbocycles. The summed E-state index contributed by atoms with van der Waals surface area (Å²) < 4.78 is 0. The van der Waals surface area contributed by atoms with E-state index in [4.69, 9.17) is 5.11 Å². The van der Waals surface area contributed by atoms with Crippen LogP contribution in [0.4, 0.5) is 0 Å². The molecule has 1 aliphatic heterocycles. The van der Waals surface area contributed by atoms with Gasteiger partial charge in [0.05, 0.1) is 0 Å². The third kappa shape index (κ3) is 3.22. The summed E-state index contributed by atoms with van der Waals surface area (Å²) in [4.78, 5) is 24.7. The maximum Gasteiger partial charge on any atom is 0.328 e. The summed E-state index contributed by atoms with van der Waals surface area (Å²) in [7, 11) is 0. The van der Waals surface area contributed by atoms with E-state index in [0.29, 0.717) is 5.56 Å². The minimum Gasteiger partial charge on any atom is -0.478 e. The van der Waals surface area contributed by atoms with Gasteiger partial charge in [-0.2, -0.15) is 0 Å². The van der Waals surface area contributed by atoms with Crippen LogP contribution < -0.4 is 0 Å². The van der Waals surface area contributed by atoms with Crippen LogP contribution in [0.1, 0.15) is 34.3 Å². The van der Waals surface area contributed by atoms with E-state index >= 15 is 0 Å². The molecule has 1 aliphatic rings. The Hall–Kier alpha value is -2.10. The first-order valence-corrected chi connectivity index (χ1v) is 6.39. The molecule has 1 saturated heterocycles. The molecule has 0 radical (unpaired) electrons. The lowest BCUT2D eigenvalue weighted by molar-refractivity contribution is -0.131. The molecule has 0 aliphatic carbocycles. The van der Waals surface area contributed by atoms with E-state index in [0.717, 1.165) is 43.1 Å². The van der Waals surface area contributed by atoms with Crippen LogP contribution in [0.3, 0.4) is 0 Å². The Balaban J connectivity index is 2.26. The zero-order chi connectivity index (χ0) is 13.8. The highest BCUT2D eigenvalue weighted by Gasteiger charge is 2.20. The molecule has 1 aromatic carbocycles. The van der Waals surface area contributed by atoms with Crippen LogP contribution in [0.5, 0.6) is 0 Å². The maximum absolute atomic E-state index is 12.3. The van der Waals surface area contributed by atoms with E-state index in [9.17, 15) is 9.59 Å². The SMILES string of the molecule is Cc1ccc(C=CC(=O)O)cc1C(=O)N1CCCC1. The summed E-state index contributed by atoms with van der Waals surface area (Å²) in [6.45, 7) is 3.52. The number of aliphatic carboxylic acids is 1. The number of carboxylic acids is 1. The van der Waals surface area contributed by atoms with Gasteiger partial charge in [-0.3, -0.25) is 4.79 Å². The molecular formula is C15H17NO3. The van der Waals surface area contributed by atoms with E-state index in [1.165, 1.54) is 6.08 Å². The Morgan fingerprint density at radius 1 is 1.26 bits per heavy atom. The maximum atomic E-state index is 12.3. The minimum atomic E-state index is -0.993. The number of aryl methyl sites for hydroxylation is 1. The largest absolute Gasteiger partial charge is 0.478 e. The molecule has 2 rings (SSSR count). The van der Waals surface area contributed by atoms with Gasteiger partial charge in [-0.1, -0.05) is 12.1 Å². The lowest BCUT2D eigenvalue weighted by atomic mass is 10.0. The van der Waals surface area contributed by atoms with Gasteiger partial charge in [0.2, 0.25) is 0 Å². The number of carboxylic acid groups (broad SMARTS) is 1. The van der Waals surface area contributed by atoms with Gasteiger partial charge in [-0.05, 0) is 43.0 Å². The predicted molar refractivity (Wildman–Crippen MR) is 73.0 cm³/mol. The molecule has 4 nitrogen and oxygen atoms in total. The van der Waals surface area contributed by atoms with E-state index < -0.39 is 5.97 Å². The van der Waals surface area contributed by atoms with E-state index in [2.05, 4.69) is 0 Å². The van der Waals surface area contributed by atoms with Gasteiger partial charge in [0.25, 0.3) is 5.91 Å². The summed E-state index contributed by atoms with van der Waals surface area (Å²) >= 11 is 0. The molecule has 0 spiro atoms. The normalized spacial score (nSPS) is 15.1. The lowest BCUT2D eigenvalue weighted by Crippen LogP contribution is -2.28. The van der Waals surface area contributed by atoms with Crippen LogP contribution in [0.15, 0.2) is 24.3 Å². The Morgan fingerprint density at radius 3 is 2.58 bits per heavy atom. The second-order valence-corrected chi connectivity index (χ2v) is 4.75. The van der Waals surface area contributed by atoms with Gasteiger partial charge in [-0.15, -0.1) is 0 Å². The van der Waals surface area contributed by atoms with E-state index in [1.807, 2.05) is 24.0 Å². The average molecular weight is 259 g/mol. The molecule has 0 bridgehead atoms.